The lowest BCUT2D eigenvalue weighted by atomic mass is 9.90. The SMILES string of the molecule is CC(C)(C)CCC(=O)N1CCCCC1.CC(C)(C)N1CCCCC1.CN(C)C(=O)CCC(C)(C)C. The average Bonchev–Trinajstić information content (AvgIpc) is 2.76. The normalized spacial score (nSPS) is 17.5. The third-order valence-electron chi connectivity index (χ3n) is 6.69. The molecule has 2 aliphatic heterocycles. The summed E-state index contributed by atoms with van der Waals surface area (Å²) >= 11 is 0. The number of piperidine rings is 2. The highest BCUT2D eigenvalue weighted by Gasteiger charge is 2.22. The highest BCUT2D eigenvalue weighted by molar-refractivity contribution is 5.76. The van der Waals surface area contributed by atoms with Crippen molar-refractivity contribution in [2.24, 2.45) is 10.8 Å². The summed E-state index contributed by atoms with van der Waals surface area (Å²) in [6.45, 7) is 24.5. The van der Waals surface area contributed by atoms with Crippen molar-refractivity contribution in [1.29, 1.82) is 0 Å². The predicted molar refractivity (Wildman–Crippen MR) is 152 cm³/mol. The van der Waals surface area contributed by atoms with Crippen molar-refractivity contribution in [3.8, 4) is 0 Å². The number of hydrogen-bond donors (Lipinski definition) is 0. The van der Waals surface area contributed by atoms with Crippen molar-refractivity contribution in [2.75, 3.05) is 40.3 Å². The molecule has 5 nitrogen and oxygen atoms in total. The third kappa shape index (κ3) is 18.8. The number of nitrogens with zero attached hydrogens (tertiary/aromatic N) is 3. The van der Waals surface area contributed by atoms with E-state index in [-0.39, 0.29) is 16.7 Å². The van der Waals surface area contributed by atoms with E-state index in [9.17, 15) is 9.59 Å². The van der Waals surface area contributed by atoms with Gasteiger partial charge in [0.2, 0.25) is 11.8 Å². The van der Waals surface area contributed by atoms with Gasteiger partial charge in [-0.3, -0.25) is 14.5 Å². The molecule has 5 heteroatoms. The molecule has 2 rings (SSSR count). The molecule has 0 aromatic rings. The zero-order valence-electron chi connectivity index (χ0n) is 25.6. The maximum atomic E-state index is 11.8. The first kappa shape index (κ1) is 33.9. The summed E-state index contributed by atoms with van der Waals surface area (Å²) in [6, 6.07) is 0. The molecule has 0 aliphatic carbocycles. The van der Waals surface area contributed by atoms with Crippen LogP contribution in [-0.4, -0.2) is 72.3 Å². The molecule has 0 atom stereocenters. The lowest BCUT2D eigenvalue weighted by Gasteiger charge is -2.38. The summed E-state index contributed by atoms with van der Waals surface area (Å²) < 4.78 is 0. The van der Waals surface area contributed by atoms with Gasteiger partial charge < -0.3 is 9.80 Å². The molecule has 0 spiro atoms. The Hall–Kier alpha value is -1.10. The molecule has 2 aliphatic rings. The van der Waals surface area contributed by atoms with Crippen molar-refractivity contribution in [3.63, 3.8) is 0 Å². The zero-order chi connectivity index (χ0) is 27.3. The predicted octanol–water partition coefficient (Wildman–Crippen LogP) is 7.00. The summed E-state index contributed by atoms with van der Waals surface area (Å²) in [5.41, 5.74) is 0.956. The molecule has 0 aromatic heterocycles. The van der Waals surface area contributed by atoms with Crippen LogP contribution in [0.15, 0.2) is 0 Å². The molecule has 0 saturated carbocycles. The zero-order valence-corrected chi connectivity index (χ0v) is 25.6. The van der Waals surface area contributed by atoms with Crippen molar-refractivity contribution >= 4 is 11.8 Å². The van der Waals surface area contributed by atoms with Crippen LogP contribution in [0.3, 0.4) is 0 Å². The molecule has 2 saturated heterocycles. The van der Waals surface area contributed by atoms with Crippen LogP contribution >= 0.6 is 0 Å². The number of carbonyl (C=O) groups excluding carboxylic acids is 2. The number of rotatable bonds is 4. The number of likely N-dealkylation sites (tertiary alicyclic amines) is 2. The lowest BCUT2D eigenvalue weighted by Crippen LogP contribution is -2.44. The van der Waals surface area contributed by atoms with Crippen LogP contribution in [0.1, 0.15) is 127 Å². The van der Waals surface area contributed by atoms with Crippen LogP contribution in [0.25, 0.3) is 0 Å². The molecular weight excluding hydrogens is 434 g/mol. The second-order valence-corrected chi connectivity index (χ2v) is 14.1. The van der Waals surface area contributed by atoms with Crippen molar-refractivity contribution in [3.05, 3.63) is 0 Å². The second kappa shape index (κ2) is 15.9. The van der Waals surface area contributed by atoms with Crippen LogP contribution < -0.4 is 0 Å². The van der Waals surface area contributed by atoms with E-state index < -0.39 is 0 Å². The van der Waals surface area contributed by atoms with Gasteiger partial charge in [0.15, 0.2) is 0 Å². The first-order chi connectivity index (χ1) is 15.9. The van der Waals surface area contributed by atoms with Crippen LogP contribution in [0.4, 0.5) is 0 Å². The van der Waals surface area contributed by atoms with Crippen molar-refractivity contribution < 1.29 is 9.59 Å². The van der Waals surface area contributed by atoms with Gasteiger partial charge in [0.25, 0.3) is 0 Å². The van der Waals surface area contributed by atoms with Crippen LogP contribution in [0.2, 0.25) is 0 Å². The highest BCUT2D eigenvalue weighted by Crippen LogP contribution is 2.22. The van der Waals surface area contributed by atoms with E-state index in [0.717, 1.165) is 32.4 Å². The summed E-state index contributed by atoms with van der Waals surface area (Å²) in [4.78, 5) is 29.1. The molecule has 35 heavy (non-hydrogen) atoms. The number of carbonyl (C=O) groups is 2. The summed E-state index contributed by atoms with van der Waals surface area (Å²) in [7, 11) is 3.59. The van der Waals surface area contributed by atoms with Gasteiger partial charge in [-0.15, -0.1) is 0 Å². The van der Waals surface area contributed by atoms with Crippen LogP contribution in [-0.2, 0) is 9.59 Å². The van der Waals surface area contributed by atoms with E-state index in [1.165, 1.54) is 51.6 Å². The van der Waals surface area contributed by atoms with E-state index in [2.05, 4.69) is 67.2 Å². The van der Waals surface area contributed by atoms with Crippen molar-refractivity contribution in [1.82, 2.24) is 14.7 Å². The number of hydrogen-bond acceptors (Lipinski definition) is 3. The van der Waals surface area contributed by atoms with E-state index >= 15 is 0 Å². The molecule has 2 fully saturated rings. The Morgan fingerprint density at radius 3 is 1.37 bits per heavy atom. The molecule has 2 amide bonds. The smallest absolute Gasteiger partial charge is 0.222 e. The summed E-state index contributed by atoms with van der Waals surface area (Å²) in [5, 5.41) is 0. The molecular formula is C30H61N3O2. The Morgan fingerprint density at radius 1 is 0.629 bits per heavy atom. The molecule has 0 unspecified atom stereocenters. The fourth-order valence-corrected chi connectivity index (χ4v) is 4.05. The standard InChI is InChI=1S/C12H23NO.C9H19NO.C9H19N/c1-12(2,3)8-7-11(14)13-9-5-4-6-10-13;1-9(2,3)7-6-8(11)10(4)5;1-9(2,3)10-7-5-4-6-8-10/h4-10H2,1-3H3;6-7H2,1-5H3;4-8H2,1-3H3. The molecule has 0 bridgehead atoms. The van der Waals surface area contributed by atoms with Gasteiger partial charge in [-0.2, -0.15) is 0 Å². The molecule has 0 aromatic carbocycles. The Bertz CT molecular complexity index is 582. The first-order valence-electron chi connectivity index (χ1n) is 14.2. The van der Waals surface area contributed by atoms with Gasteiger partial charge in [-0.05, 0) is 89.6 Å². The molecule has 2 heterocycles. The first-order valence-corrected chi connectivity index (χ1v) is 14.2. The largest absolute Gasteiger partial charge is 0.349 e. The van der Waals surface area contributed by atoms with Gasteiger partial charge in [-0.25, -0.2) is 0 Å². The van der Waals surface area contributed by atoms with Crippen LogP contribution in [0, 0.1) is 10.8 Å². The average molecular weight is 496 g/mol. The second-order valence-electron chi connectivity index (χ2n) is 14.1. The maximum Gasteiger partial charge on any atom is 0.222 e. The monoisotopic (exact) mass is 495 g/mol. The quantitative estimate of drug-likeness (QED) is 0.422. The Morgan fingerprint density at radius 2 is 1.03 bits per heavy atom. The fraction of sp³-hybridized carbons (Fsp3) is 0.933. The summed E-state index contributed by atoms with van der Waals surface area (Å²) in [6.07, 6.45) is 11.3. The van der Waals surface area contributed by atoms with Crippen molar-refractivity contribution in [2.45, 2.75) is 132 Å². The Kier molecular flexibility index (Phi) is 15.4. The van der Waals surface area contributed by atoms with E-state index in [4.69, 9.17) is 0 Å². The summed E-state index contributed by atoms with van der Waals surface area (Å²) in [5.74, 6) is 0.583. The molecule has 0 N–H and O–H groups in total. The highest BCUT2D eigenvalue weighted by atomic mass is 16.2. The van der Waals surface area contributed by atoms with Gasteiger partial charge in [-0.1, -0.05) is 48.0 Å². The minimum atomic E-state index is 0.222. The number of amides is 2. The van der Waals surface area contributed by atoms with Crippen LogP contribution in [0.5, 0.6) is 0 Å². The van der Waals surface area contributed by atoms with Gasteiger partial charge in [0, 0.05) is 45.6 Å². The third-order valence-corrected chi connectivity index (χ3v) is 6.69. The van der Waals surface area contributed by atoms with Gasteiger partial charge in [0.1, 0.15) is 0 Å². The Balaban J connectivity index is 0.000000504. The maximum absolute atomic E-state index is 11.8. The minimum absolute atomic E-state index is 0.222. The van der Waals surface area contributed by atoms with E-state index in [1.54, 1.807) is 19.0 Å². The fourth-order valence-electron chi connectivity index (χ4n) is 4.05. The lowest BCUT2D eigenvalue weighted by molar-refractivity contribution is -0.132. The minimum Gasteiger partial charge on any atom is -0.349 e. The molecule has 208 valence electrons. The molecule has 0 radical (unpaired) electrons. The Labute approximate surface area is 219 Å². The van der Waals surface area contributed by atoms with Gasteiger partial charge in [0.05, 0.1) is 0 Å². The van der Waals surface area contributed by atoms with E-state index in [0.29, 0.717) is 17.9 Å². The van der Waals surface area contributed by atoms with E-state index in [1.807, 2.05) is 4.90 Å². The topological polar surface area (TPSA) is 43.9 Å². The van der Waals surface area contributed by atoms with Gasteiger partial charge >= 0.3 is 0 Å².